The van der Waals surface area contributed by atoms with E-state index in [0.29, 0.717) is 19.3 Å². The van der Waals surface area contributed by atoms with Crippen LogP contribution in [0.2, 0.25) is 0 Å². The van der Waals surface area contributed by atoms with Gasteiger partial charge in [0.2, 0.25) is 5.91 Å². The fourth-order valence-electron chi connectivity index (χ4n) is 1.42. The predicted molar refractivity (Wildman–Crippen MR) is 75.9 cm³/mol. The molecule has 0 heterocycles. The molecule has 0 atom stereocenters. The maximum Gasteiger partial charge on any atom is 0.325 e. The number of rotatable bonds is 12. The first-order valence-corrected chi connectivity index (χ1v) is 7.25. The van der Waals surface area contributed by atoms with Crippen LogP contribution in [-0.2, 0) is 28.7 Å². The molecule has 0 aromatic heterocycles. The summed E-state index contributed by atoms with van der Waals surface area (Å²) in [7, 11) is 0. The molecule has 8 heteroatoms. The highest BCUT2D eigenvalue weighted by Gasteiger charge is 2.07. The molecule has 0 aliphatic rings. The molecular formula is C14H23NO7. The zero-order valence-corrected chi connectivity index (χ0v) is 12.8. The number of hydrogen-bond acceptors (Lipinski definition) is 6. The quantitative estimate of drug-likeness (QED) is 0.400. The lowest BCUT2D eigenvalue weighted by molar-refractivity contribution is -0.148. The summed E-state index contributed by atoms with van der Waals surface area (Å²) in [6, 6.07) is 0. The summed E-state index contributed by atoms with van der Waals surface area (Å²) in [5.41, 5.74) is 0. The lowest BCUT2D eigenvalue weighted by Crippen LogP contribution is -2.30. The zero-order chi connectivity index (χ0) is 16.8. The van der Waals surface area contributed by atoms with E-state index in [-0.39, 0.29) is 44.9 Å². The number of carboxylic acids is 1. The van der Waals surface area contributed by atoms with Gasteiger partial charge in [0.25, 0.3) is 0 Å². The summed E-state index contributed by atoms with van der Waals surface area (Å²) in [6.45, 7) is 1.80. The molecule has 2 N–H and O–H groups in total. The van der Waals surface area contributed by atoms with Crippen LogP contribution in [0.5, 0.6) is 0 Å². The van der Waals surface area contributed by atoms with Crippen molar-refractivity contribution in [1.82, 2.24) is 5.32 Å². The monoisotopic (exact) mass is 317 g/mol. The van der Waals surface area contributed by atoms with Crippen molar-refractivity contribution in [2.45, 2.75) is 45.4 Å². The van der Waals surface area contributed by atoms with Gasteiger partial charge >= 0.3 is 17.9 Å². The van der Waals surface area contributed by atoms with E-state index in [9.17, 15) is 19.2 Å². The van der Waals surface area contributed by atoms with Gasteiger partial charge in [0.05, 0.1) is 13.2 Å². The van der Waals surface area contributed by atoms with Gasteiger partial charge in [0.1, 0.15) is 6.54 Å². The van der Waals surface area contributed by atoms with Gasteiger partial charge in [-0.15, -0.1) is 0 Å². The molecule has 0 saturated heterocycles. The molecule has 0 aromatic rings. The standard InChI is InChI=1S/C14H23NO7/c1-2-5-11(16)15-10-14(20)22-9-4-7-13(19)21-8-3-6-12(17)18/h2-10H2,1H3,(H,15,16)(H,17,18). The summed E-state index contributed by atoms with van der Waals surface area (Å²) in [5.74, 6) is -2.16. The van der Waals surface area contributed by atoms with Crippen LogP contribution < -0.4 is 5.32 Å². The number of carbonyl (C=O) groups excluding carboxylic acids is 3. The average molecular weight is 317 g/mol. The molecule has 0 radical (unpaired) electrons. The minimum atomic E-state index is -0.936. The van der Waals surface area contributed by atoms with Crippen LogP contribution in [0.3, 0.4) is 0 Å². The highest BCUT2D eigenvalue weighted by molar-refractivity contribution is 5.81. The molecular weight excluding hydrogens is 294 g/mol. The number of aliphatic carboxylic acids is 1. The van der Waals surface area contributed by atoms with E-state index >= 15 is 0 Å². The van der Waals surface area contributed by atoms with E-state index < -0.39 is 17.9 Å². The second-order valence-electron chi connectivity index (χ2n) is 4.57. The minimum Gasteiger partial charge on any atom is -0.481 e. The topological polar surface area (TPSA) is 119 Å². The van der Waals surface area contributed by atoms with E-state index in [1.807, 2.05) is 6.92 Å². The third-order valence-electron chi connectivity index (χ3n) is 2.49. The molecule has 1 amide bonds. The molecule has 0 rings (SSSR count). The first-order valence-electron chi connectivity index (χ1n) is 7.25. The molecule has 0 aromatic carbocycles. The van der Waals surface area contributed by atoms with Crippen LogP contribution in [0.15, 0.2) is 0 Å². The van der Waals surface area contributed by atoms with Crippen molar-refractivity contribution >= 4 is 23.8 Å². The van der Waals surface area contributed by atoms with Gasteiger partial charge in [-0.3, -0.25) is 19.2 Å². The lowest BCUT2D eigenvalue weighted by Gasteiger charge is -2.06. The number of carbonyl (C=O) groups is 4. The van der Waals surface area contributed by atoms with E-state index in [1.165, 1.54) is 0 Å². The number of carboxylic acid groups (broad SMARTS) is 1. The summed E-state index contributed by atoms with van der Waals surface area (Å²) < 4.78 is 9.64. The van der Waals surface area contributed by atoms with Crippen LogP contribution in [-0.4, -0.2) is 48.7 Å². The number of amides is 1. The van der Waals surface area contributed by atoms with E-state index in [4.69, 9.17) is 14.6 Å². The highest BCUT2D eigenvalue weighted by Crippen LogP contribution is 1.97. The number of hydrogen-bond donors (Lipinski definition) is 2. The van der Waals surface area contributed by atoms with Crippen LogP contribution >= 0.6 is 0 Å². The normalized spacial score (nSPS) is 9.86. The van der Waals surface area contributed by atoms with Crippen LogP contribution in [0.25, 0.3) is 0 Å². The molecule has 0 bridgehead atoms. The smallest absolute Gasteiger partial charge is 0.325 e. The van der Waals surface area contributed by atoms with Gasteiger partial charge < -0.3 is 19.9 Å². The van der Waals surface area contributed by atoms with Gasteiger partial charge in [0.15, 0.2) is 0 Å². The number of esters is 2. The van der Waals surface area contributed by atoms with Gasteiger partial charge in [-0.1, -0.05) is 6.92 Å². The first kappa shape index (κ1) is 19.9. The van der Waals surface area contributed by atoms with E-state index in [0.717, 1.165) is 0 Å². The average Bonchev–Trinajstić information content (AvgIpc) is 2.46. The molecule has 22 heavy (non-hydrogen) atoms. The second kappa shape index (κ2) is 12.6. The number of ether oxygens (including phenoxy) is 2. The minimum absolute atomic E-state index is 0.0470. The van der Waals surface area contributed by atoms with E-state index in [2.05, 4.69) is 5.32 Å². The Morgan fingerprint density at radius 2 is 1.50 bits per heavy atom. The Labute approximate surface area is 129 Å². The molecule has 126 valence electrons. The van der Waals surface area contributed by atoms with E-state index in [1.54, 1.807) is 0 Å². The third-order valence-corrected chi connectivity index (χ3v) is 2.49. The molecule has 0 spiro atoms. The molecule has 0 fully saturated rings. The lowest BCUT2D eigenvalue weighted by atomic mass is 10.3. The zero-order valence-electron chi connectivity index (χ0n) is 12.8. The van der Waals surface area contributed by atoms with Crippen molar-refractivity contribution in [2.24, 2.45) is 0 Å². The summed E-state index contributed by atoms with van der Waals surface area (Å²) in [6.07, 6.45) is 1.69. The maximum atomic E-state index is 11.3. The Kier molecular flexibility index (Phi) is 11.4. The summed E-state index contributed by atoms with van der Waals surface area (Å²) in [4.78, 5) is 43.9. The van der Waals surface area contributed by atoms with Crippen LogP contribution in [0.1, 0.15) is 45.4 Å². The molecule has 0 saturated carbocycles. The fourth-order valence-corrected chi connectivity index (χ4v) is 1.42. The Hall–Kier alpha value is -2.12. The molecule has 0 aliphatic heterocycles. The van der Waals surface area contributed by atoms with Crippen molar-refractivity contribution < 1.29 is 33.8 Å². The largest absolute Gasteiger partial charge is 0.481 e. The Bertz CT molecular complexity index is 381. The molecule has 0 aliphatic carbocycles. The Balaban J connectivity index is 3.50. The van der Waals surface area contributed by atoms with Crippen molar-refractivity contribution in [2.75, 3.05) is 19.8 Å². The van der Waals surface area contributed by atoms with Crippen LogP contribution in [0, 0.1) is 0 Å². The second-order valence-corrected chi connectivity index (χ2v) is 4.57. The van der Waals surface area contributed by atoms with Gasteiger partial charge in [-0.25, -0.2) is 0 Å². The molecule has 0 unspecified atom stereocenters. The van der Waals surface area contributed by atoms with Gasteiger partial charge in [-0.05, 0) is 19.3 Å². The van der Waals surface area contributed by atoms with Gasteiger partial charge in [-0.2, -0.15) is 0 Å². The highest BCUT2D eigenvalue weighted by atomic mass is 16.5. The predicted octanol–water partition coefficient (Wildman–Crippen LogP) is 0.634. The third kappa shape index (κ3) is 12.9. The van der Waals surface area contributed by atoms with Crippen LogP contribution in [0.4, 0.5) is 0 Å². The van der Waals surface area contributed by atoms with Crippen molar-refractivity contribution in [3.05, 3.63) is 0 Å². The summed E-state index contributed by atoms with van der Waals surface area (Å²) in [5, 5.41) is 10.8. The van der Waals surface area contributed by atoms with Gasteiger partial charge in [0, 0.05) is 19.3 Å². The van der Waals surface area contributed by atoms with Crippen molar-refractivity contribution in [3.63, 3.8) is 0 Å². The Morgan fingerprint density at radius 3 is 2.09 bits per heavy atom. The SMILES string of the molecule is CCCC(=O)NCC(=O)OCCCC(=O)OCCCC(=O)O. The Morgan fingerprint density at radius 1 is 0.909 bits per heavy atom. The maximum absolute atomic E-state index is 11.3. The molecule has 8 nitrogen and oxygen atoms in total. The fraction of sp³-hybridized carbons (Fsp3) is 0.714. The van der Waals surface area contributed by atoms with Crippen molar-refractivity contribution in [1.29, 1.82) is 0 Å². The first-order chi connectivity index (χ1) is 10.5. The summed E-state index contributed by atoms with van der Waals surface area (Å²) >= 11 is 0. The van der Waals surface area contributed by atoms with Crippen molar-refractivity contribution in [3.8, 4) is 0 Å². The number of nitrogens with one attached hydrogen (secondary N) is 1.